The summed E-state index contributed by atoms with van der Waals surface area (Å²) >= 11 is 6.41. The Balaban J connectivity index is 1.63. The number of aromatic hydroxyl groups is 1. The van der Waals surface area contributed by atoms with Crippen molar-refractivity contribution in [1.29, 1.82) is 0 Å². The fourth-order valence-electron chi connectivity index (χ4n) is 6.94. The van der Waals surface area contributed by atoms with E-state index in [2.05, 4.69) is 0 Å². The number of hydrogen-bond donors (Lipinski definition) is 1. The molecule has 0 amide bonds. The maximum Gasteiger partial charge on any atom is 0.352 e. The van der Waals surface area contributed by atoms with Gasteiger partial charge in [-0.25, -0.2) is 23.5 Å². The highest BCUT2D eigenvalue weighted by Gasteiger charge is 2.60. The van der Waals surface area contributed by atoms with E-state index in [1.807, 2.05) is 6.08 Å². The second-order valence-corrected chi connectivity index (χ2v) is 11.3. The number of rotatable bonds is 3. The zero-order chi connectivity index (χ0) is 28.7. The van der Waals surface area contributed by atoms with Gasteiger partial charge in [0.15, 0.2) is 23.1 Å². The summed E-state index contributed by atoms with van der Waals surface area (Å²) in [5.41, 5.74) is 0.372. The zero-order valence-electron chi connectivity index (χ0n) is 22.5. The molecule has 10 heteroatoms. The second kappa shape index (κ2) is 8.96. The van der Waals surface area contributed by atoms with Crippen molar-refractivity contribution in [3.8, 4) is 17.2 Å². The summed E-state index contributed by atoms with van der Waals surface area (Å²) in [6, 6.07) is 11.2. The molecule has 40 heavy (non-hydrogen) atoms. The number of hydrogen-bond acceptors (Lipinski definition) is 6. The van der Waals surface area contributed by atoms with E-state index in [0.717, 1.165) is 10.1 Å². The van der Waals surface area contributed by atoms with Gasteiger partial charge in [0.05, 0.1) is 35.8 Å². The van der Waals surface area contributed by atoms with E-state index in [0.29, 0.717) is 22.4 Å². The molecule has 1 N–H and O–H groups in total. The van der Waals surface area contributed by atoms with E-state index in [9.17, 15) is 24.3 Å². The van der Waals surface area contributed by atoms with Crippen LogP contribution in [0, 0.1) is 11.3 Å². The molecule has 4 atom stereocenters. The first-order chi connectivity index (χ1) is 19.0. The minimum absolute atomic E-state index is 0.0374. The highest BCUT2D eigenvalue weighted by atomic mass is 35.5. The maximum atomic E-state index is 14.1. The number of aromatic nitrogens is 3. The predicted octanol–water partition coefficient (Wildman–Crippen LogP) is 3.95. The monoisotopic (exact) mass is 561 g/mol. The van der Waals surface area contributed by atoms with Gasteiger partial charge in [0.2, 0.25) is 0 Å². The highest BCUT2D eigenvalue weighted by molar-refractivity contribution is 6.32. The van der Waals surface area contributed by atoms with Crippen LogP contribution >= 0.6 is 11.6 Å². The number of halogens is 1. The molecule has 0 saturated heterocycles. The van der Waals surface area contributed by atoms with Gasteiger partial charge in [-0.15, -0.1) is 0 Å². The largest absolute Gasteiger partial charge is 0.503 e. The molecule has 3 aliphatic rings. The first-order valence-electron chi connectivity index (χ1n) is 13.0. The first-order valence-corrected chi connectivity index (χ1v) is 13.4. The van der Waals surface area contributed by atoms with Crippen molar-refractivity contribution >= 4 is 23.2 Å². The molecule has 1 aliphatic heterocycles. The SMILES string of the molecule is COc1cc([C@H]2C3=CCn4c(=O)n(-c5ccccc5)c(=O)n4[C@@H]3C[C@H]3C(=O)C(C)=C(C)C(=O)[C@@]23C)cc(Cl)c1O. The highest BCUT2D eigenvalue weighted by Crippen LogP contribution is 2.61. The predicted molar refractivity (Wildman–Crippen MR) is 148 cm³/mol. The van der Waals surface area contributed by atoms with Gasteiger partial charge < -0.3 is 9.84 Å². The van der Waals surface area contributed by atoms with Crippen LogP contribution in [0.1, 0.15) is 44.7 Å². The van der Waals surface area contributed by atoms with Crippen LogP contribution in [0.4, 0.5) is 0 Å². The van der Waals surface area contributed by atoms with Gasteiger partial charge in [0, 0.05) is 11.8 Å². The van der Waals surface area contributed by atoms with Crippen LogP contribution in [0.2, 0.25) is 5.02 Å². The minimum Gasteiger partial charge on any atom is -0.503 e. The van der Waals surface area contributed by atoms with E-state index in [-0.39, 0.29) is 41.1 Å². The molecule has 3 aromatic rings. The minimum atomic E-state index is -1.19. The summed E-state index contributed by atoms with van der Waals surface area (Å²) in [5, 5.41) is 10.5. The molecule has 2 aliphatic carbocycles. The molecular formula is C30H28ClN3O6. The Kier molecular flexibility index (Phi) is 5.85. The fourth-order valence-corrected chi connectivity index (χ4v) is 7.15. The molecule has 1 saturated carbocycles. The number of nitrogens with zero attached hydrogens (tertiary/aromatic N) is 3. The topological polar surface area (TPSA) is 113 Å². The normalized spacial score (nSPS) is 25.7. The molecule has 2 heterocycles. The molecule has 2 aromatic carbocycles. The van der Waals surface area contributed by atoms with Crippen molar-refractivity contribution in [3.63, 3.8) is 0 Å². The molecule has 1 aromatic heterocycles. The Hall–Kier alpha value is -4.11. The van der Waals surface area contributed by atoms with E-state index < -0.39 is 34.7 Å². The lowest BCUT2D eigenvalue weighted by Gasteiger charge is -2.53. The number of phenols is 1. The summed E-state index contributed by atoms with van der Waals surface area (Å²) in [4.78, 5) is 55.3. The summed E-state index contributed by atoms with van der Waals surface area (Å²) < 4.78 is 9.31. The molecule has 206 valence electrons. The summed E-state index contributed by atoms with van der Waals surface area (Å²) in [5.74, 6) is -1.86. The number of ketones is 2. The number of allylic oxidation sites excluding steroid dienone is 4. The Morgan fingerprint density at radius 1 is 1.02 bits per heavy atom. The van der Waals surface area contributed by atoms with Crippen molar-refractivity contribution in [2.75, 3.05) is 7.11 Å². The number of benzene rings is 2. The Morgan fingerprint density at radius 3 is 2.40 bits per heavy atom. The summed E-state index contributed by atoms with van der Waals surface area (Å²) in [6.07, 6.45) is 2.05. The lowest BCUT2D eigenvalue weighted by Crippen LogP contribution is -2.55. The van der Waals surface area contributed by atoms with Crippen LogP contribution in [0.5, 0.6) is 11.5 Å². The number of Topliss-reactive ketones (excluding diaryl/α,β-unsaturated/α-hetero) is 2. The van der Waals surface area contributed by atoms with Crippen molar-refractivity contribution in [2.45, 2.75) is 45.7 Å². The Morgan fingerprint density at radius 2 is 1.73 bits per heavy atom. The van der Waals surface area contributed by atoms with Crippen LogP contribution in [0.15, 0.2) is 74.8 Å². The van der Waals surface area contributed by atoms with E-state index in [1.54, 1.807) is 63.2 Å². The molecule has 0 unspecified atom stereocenters. The fraction of sp³-hybridized carbons (Fsp3) is 0.333. The smallest absolute Gasteiger partial charge is 0.352 e. The van der Waals surface area contributed by atoms with Gasteiger partial charge in [0.1, 0.15) is 0 Å². The van der Waals surface area contributed by atoms with Crippen LogP contribution in [-0.2, 0) is 16.1 Å². The number of methoxy groups -OCH3 is 1. The van der Waals surface area contributed by atoms with Gasteiger partial charge in [-0.1, -0.05) is 42.8 Å². The number of carbonyl (C=O) groups is 2. The van der Waals surface area contributed by atoms with Crippen molar-refractivity contribution in [2.24, 2.45) is 11.3 Å². The lowest BCUT2D eigenvalue weighted by molar-refractivity contribution is -0.140. The van der Waals surface area contributed by atoms with Gasteiger partial charge in [0.25, 0.3) is 0 Å². The first kappa shape index (κ1) is 26.1. The molecule has 6 rings (SSSR count). The molecule has 0 spiro atoms. The number of phenolic OH excluding ortho intramolecular Hbond substituents is 1. The zero-order valence-corrected chi connectivity index (χ0v) is 23.2. The quantitative estimate of drug-likeness (QED) is 0.485. The molecule has 0 bridgehead atoms. The second-order valence-electron chi connectivity index (χ2n) is 10.9. The third kappa shape index (κ3) is 3.33. The van der Waals surface area contributed by atoms with E-state index >= 15 is 0 Å². The van der Waals surface area contributed by atoms with Gasteiger partial charge in [-0.2, -0.15) is 0 Å². The third-order valence-electron chi connectivity index (χ3n) is 9.05. The Labute approximate surface area is 234 Å². The summed E-state index contributed by atoms with van der Waals surface area (Å²) in [7, 11) is 1.40. The van der Waals surface area contributed by atoms with Crippen molar-refractivity contribution in [1.82, 2.24) is 13.9 Å². The molecule has 0 radical (unpaired) electrons. The number of fused-ring (bicyclic) bond motifs is 4. The van der Waals surface area contributed by atoms with Crippen molar-refractivity contribution in [3.05, 3.63) is 96.8 Å². The summed E-state index contributed by atoms with van der Waals surface area (Å²) in [6.45, 7) is 5.23. The average molecular weight is 562 g/mol. The number of carbonyl (C=O) groups excluding carboxylic acids is 2. The van der Waals surface area contributed by atoms with Crippen LogP contribution in [0.3, 0.4) is 0 Å². The van der Waals surface area contributed by atoms with Crippen molar-refractivity contribution < 1.29 is 19.4 Å². The molecular weight excluding hydrogens is 534 g/mol. The van der Waals surface area contributed by atoms with Gasteiger partial charge >= 0.3 is 11.4 Å². The standard InChI is InChI=1S/C30H28ClN3O6/c1-15-16(2)27(37)30(3)20(25(15)35)14-22-19(24(30)17-12-21(31)26(36)23(13-17)40-4)10-11-32-28(38)33(29(39)34(22)32)18-8-6-5-7-9-18/h5-10,12-13,20,22,24,36H,11,14H2,1-4H3/t20-,22+,24-,30+/m0/s1. The average Bonchev–Trinajstić information content (AvgIpc) is 3.21. The maximum absolute atomic E-state index is 14.1. The number of ether oxygens (including phenoxy) is 1. The lowest BCUT2D eigenvalue weighted by atomic mass is 9.50. The molecule has 9 nitrogen and oxygen atoms in total. The van der Waals surface area contributed by atoms with Gasteiger partial charge in [-0.05, 0) is 66.8 Å². The third-order valence-corrected chi connectivity index (χ3v) is 9.34. The van der Waals surface area contributed by atoms with Crippen LogP contribution in [-0.4, -0.2) is 37.7 Å². The van der Waals surface area contributed by atoms with Gasteiger partial charge in [-0.3, -0.25) is 9.59 Å². The molecule has 1 fully saturated rings. The van der Waals surface area contributed by atoms with E-state index in [4.69, 9.17) is 16.3 Å². The number of para-hydroxylation sites is 1. The van der Waals surface area contributed by atoms with E-state index in [1.165, 1.54) is 16.5 Å². The van der Waals surface area contributed by atoms with Crippen LogP contribution in [0.25, 0.3) is 5.69 Å². The van der Waals surface area contributed by atoms with Crippen LogP contribution < -0.4 is 16.1 Å². The Bertz CT molecular complexity index is 1790.